The van der Waals surface area contributed by atoms with Crippen LogP contribution in [-0.4, -0.2) is 22.9 Å². The third-order valence-corrected chi connectivity index (χ3v) is 18.7. The summed E-state index contributed by atoms with van der Waals surface area (Å²) in [7, 11) is 0. The van der Waals surface area contributed by atoms with Gasteiger partial charge in [0.25, 0.3) is 0 Å². The van der Waals surface area contributed by atoms with Crippen molar-refractivity contribution >= 4 is 39.6 Å². The standard InChI is InChI=1S/C72H54N4/c1-3-70(4-2)63-41-45(33-37-52(63)53-38-36-47(43-64(53)70)76-66-31-17-9-23-54(66)55-24-10-18-32-67(55)76)34-40-68-73-44-74-69(75-68)46-35-39-62-65(42-46)72(58-27-13-7-21-50(58)51-22-8-14-28-59(51)72)61-30-16-15-29-60(61)71(62)56-25-11-5-19-48(56)49-20-6-12-26-57(49)71/h5-41,43,46H,3-4,42,44H2,1-2H3,(H,73,74,75)/b40-34+. The smallest absolute Gasteiger partial charge is 0.133 e. The lowest BCUT2D eigenvalue weighted by atomic mass is 9.50. The third-order valence-electron chi connectivity index (χ3n) is 18.7. The lowest BCUT2D eigenvalue weighted by Gasteiger charge is -2.51. The molecule has 1 aliphatic heterocycles. The maximum atomic E-state index is 5.18. The van der Waals surface area contributed by atoms with Crippen LogP contribution in [-0.2, 0) is 16.2 Å². The molecule has 4 nitrogen and oxygen atoms in total. The van der Waals surface area contributed by atoms with Crippen LogP contribution < -0.4 is 5.32 Å². The molecule has 16 rings (SSSR count). The van der Waals surface area contributed by atoms with E-state index in [1.54, 1.807) is 0 Å². The highest BCUT2D eigenvalue weighted by Crippen LogP contribution is 2.69. The SMILES string of the molecule is CCC1(CC)c2cc(/C=C/C3=NCN=C(C4C=CC5=C(C4)C4(c6ccccc6-c6ccccc64)c4ccccc4C54c5ccccc5-c5ccccc54)N3)ccc2-c2ccc(-n3c4ccccc4c4ccccc43)cc21. The number of rotatable bonds is 6. The number of nitrogens with zero attached hydrogens (tertiary/aromatic N) is 3. The molecule has 0 amide bonds. The summed E-state index contributed by atoms with van der Waals surface area (Å²) < 4.78 is 2.45. The van der Waals surface area contributed by atoms with Gasteiger partial charge in [0.1, 0.15) is 18.3 Å². The second-order valence-corrected chi connectivity index (χ2v) is 21.7. The Hall–Kier alpha value is -8.86. The molecular formula is C72H54N4. The number of amidine groups is 2. The average molecular weight is 975 g/mol. The van der Waals surface area contributed by atoms with E-state index in [1.165, 1.54) is 122 Å². The van der Waals surface area contributed by atoms with E-state index < -0.39 is 10.8 Å². The van der Waals surface area contributed by atoms with Gasteiger partial charge >= 0.3 is 0 Å². The van der Waals surface area contributed by atoms with Crippen LogP contribution in [0, 0.1) is 5.92 Å². The van der Waals surface area contributed by atoms with E-state index >= 15 is 0 Å². The van der Waals surface area contributed by atoms with Crippen LogP contribution in [0.25, 0.3) is 66.9 Å². The number of allylic oxidation sites excluding steroid dienone is 3. The summed E-state index contributed by atoms with van der Waals surface area (Å²) in [5.41, 5.74) is 25.5. The predicted octanol–water partition coefficient (Wildman–Crippen LogP) is 16.5. The van der Waals surface area contributed by atoms with Crippen molar-refractivity contribution in [2.45, 2.75) is 49.4 Å². The van der Waals surface area contributed by atoms with Gasteiger partial charge in [0.2, 0.25) is 0 Å². The van der Waals surface area contributed by atoms with Crippen molar-refractivity contribution in [2.24, 2.45) is 15.9 Å². The van der Waals surface area contributed by atoms with Crippen molar-refractivity contribution in [3.63, 3.8) is 0 Å². The molecule has 10 aromatic rings. The van der Waals surface area contributed by atoms with Crippen molar-refractivity contribution in [3.8, 4) is 39.1 Å². The predicted molar refractivity (Wildman–Crippen MR) is 314 cm³/mol. The number of benzene rings is 9. The number of hydrogen-bond acceptors (Lipinski definition) is 3. The van der Waals surface area contributed by atoms with Gasteiger partial charge in [-0.3, -0.25) is 0 Å². The highest BCUT2D eigenvalue weighted by Gasteiger charge is 2.60. The highest BCUT2D eigenvalue weighted by molar-refractivity contribution is 6.11. The number of nitrogens with one attached hydrogen (secondary N) is 1. The number of fused-ring (bicyclic) bond motifs is 21. The molecule has 76 heavy (non-hydrogen) atoms. The Morgan fingerprint density at radius 3 is 1.57 bits per heavy atom. The number of aromatic nitrogens is 1. The second-order valence-electron chi connectivity index (χ2n) is 21.7. The van der Waals surface area contributed by atoms with Crippen LogP contribution in [0.5, 0.6) is 0 Å². The average Bonchev–Trinajstić information content (AvgIpc) is 4.22. The van der Waals surface area contributed by atoms with Crippen LogP contribution in [0.2, 0.25) is 0 Å². The zero-order chi connectivity index (χ0) is 50.3. The van der Waals surface area contributed by atoms with Crippen LogP contribution in [0.15, 0.2) is 246 Å². The molecule has 362 valence electrons. The molecule has 4 heteroatoms. The highest BCUT2D eigenvalue weighted by atomic mass is 15.2. The van der Waals surface area contributed by atoms with Crippen LogP contribution in [0.4, 0.5) is 0 Å². The third kappa shape index (κ3) is 5.53. The van der Waals surface area contributed by atoms with E-state index in [4.69, 9.17) is 9.98 Å². The quantitative estimate of drug-likeness (QED) is 0.177. The summed E-state index contributed by atoms with van der Waals surface area (Å²) in [4.78, 5) is 10.2. The van der Waals surface area contributed by atoms with Crippen molar-refractivity contribution in [1.29, 1.82) is 0 Å². The molecule has 1 aromatic heterocycles. The van der Waals surface area contributed by atoms with Gasteiger partial charge in [-0.05, 0) is 144 Å². The summed E-state index contributed by atoms with van der Waals surface area (Å²) >= 11 is 0. The number of hydrogen-bond donors (Lipinski definition) is 1. The van der Waals surface area contributed by atoms with E-state index in [0.29, 0.717) is 6.67 Å². The summed E-state index contributed by atoms with van der Waals surface area (Å²) in [5.74, 6) is 1.81. The van der Waals surface area contributed by atoms with Gasteiger partial charge in [-0.1, -0.05) is 214 Å². The molecule has 6 aliphatic rings. The van der Waals surface area contributed by atoms with E-state index in [9.17, 15) is 0 Å². The molecule has 1 unspecified atom stereocenters. The first-order valence-electron chi connectivity index (χ1n) is 27.3. The zero-order valence-corrected chi connectivity index (χ0v) is 42.7. The van der Waals surface area contributed by atoms with Crippen LogP contribution in [0.1, 0.15) is 83.2 Å². The monoisotopic (exact) mass is 974 g/mol. The first kappa shape index (κ1) is 43.5. The fraction of sp³-hybridized carbons (Fsp3) is 0.139. The number of para-hydroxylation sites is 2. The second kappa shape index (κ2) is 16.1. The van der Waals surface area contributed by atoms with E-state index in [1.807, 2.05) is 0 Å². The van der Waals surface area contributed by atoms with Gasteiger partial charge in [0.15, 0.2) is 0 Å². The van der Waals surface area contributed by atoms with Crippen molar-refractivity contribution in [1.82, 2.24) is 9.88 Å². The Morgan fingerprint density at radius 1 is 0.487 bits per heavy atom. The van der Waals surface area contributed by atoms with Gasteiger partial charge in [-0.25, -0.2) is 9.98 Å². The number of aliphatic imine (C=N–C) groups is 2. The molecule has 1 atom stereocenters. The summed E-state index contributed by atoms with van der Waals surface area (Å²) in [6.07, 6.45) is 12.2. The van der Waals surface area contributed by atoms with Crippen molar-refractivity contribution < 1.29 is 0 Å². The lowest BCUT2D eigenvalue weighted by Crippen LogP contribution is -2.46. The summed E-state index contributed by atoms with van der Waals surface area (Å²) in [6, 6.07) is 78.0. The lowest BCUT2D eigenvalue weighted by molar-refractivity contribution is 0.490. The first-order chi connectivity index (χ1) is 37.6. The van der Waals surface area contributed by atoms with Crippen LogP contribution in [0.3, 0.4) is 0 Å². The maximum Gasteiger partial charge on any atom is 0.133 e. The largest absolute Gasteiger partial charge is 0.328 e. The van der Waals surface area contributed by atoms with Gasteiger partial charge in [0, 0.05) is 27.8 Å². The molecule has 5 aliphatic carbocycles. The minimum absolute atomic E-state index is 0.00397. The molecule has 2 spiro atoms. The van der Waals surface area contributed by atoms with E-state index in [-0.39, 0.29) is 11.3 Å². The molecule has 0 saturated carbocycles. The topological polar surface area (TPSA) is 41.7 Å². The van der Waals surface area contributed by atoms with E-state index in [0.717, 1.165) is 30.9 Å². The van der Waals surface area contributed by atoms with Gasteiger partial charge in [-0.15, -0.1) is 0 Å². The van der Waals surface area contributed by atoms with Gasteiger partial charge in [0.05, 0.1) is 21.9 Å². The fourth-order valence-corrected chi connectivity index (χ4v) is 15.5. The Labute approximate surface area is 443 Å². The molecule has 0 bridgehead atoms. The normalized spacial score (nSPS) is 18.2. The minimum atomic E-state index is -0.502. The Bertz CT molecular complexity index is 4170. The summed E-state index contributed by atoms with van der Waals surface area (Å²) in [5, 5.41) is 6.38. The molecule has 1 N–H and O–H groups in total. The zero-order valence-electron chi connectivity index (χ0n) is 42.7. The summed E-state index contributed by atoms with van der Waals surface area (Å²) in [6.45, 7) is 5.11. The molecule has 2 heterocycles. The van der Waals surface area contributed by atoms with Gasteiger partial charge < -0.3 is 9.88 Å². The maximum absolute atomic E-state index is 5.18. The van der Waals surface area contributed by atoms with Crippen LogP contribution >= 0.6 is 0 Å². The molecule has 9 aromatic carbocycles. The van der Waals surface area contributed by atoms with Gasteiger partial charge in [-0.2, -0.15) is 0 Å². The Morgan fingerprint density at radius 2 is 0.974 bits per heavy atom. The first-order valence-corrected chi connectivity index (χ1v) is 27.3. The van der Waals surface area contributed by atoms with Crippen molar-refractivity contribution in [3.05, 3.63) is 286 Å². The molecule has 0 saturated heterocycles. The fourth-order valence-electron chi connectivity index (χ4n) is 15.5. The molecule has 0 radical (unpaired) electrons. The molecule has 0 fully saturated rings. The minimum Gasteiger partial charge on any atom is -0.328 e. The van der Waals surface area contributed by atoms with Crippen molar-refractivity contribution in [2.75, 3.05) is 6.67 Å². The molecular weight excluding hydrogens is 921 g/mol. The Balaban J connectivity index is 0.761. The Kier molecular flexibility index (Phi) is 9.21. The van der Waals surface area contributed by atoms with E-state index in [2.05, 4.69) is 254 Å².